The van der Waals surface area contributed by atoms with E-state index in [0.29, 0.717) is 25.0 Å². The highest BCUT2D eigenvalue weighted by Crippen LogP contribution is 2.27. The molecule has 2 unspecified atom stereocenters. The van der Waals surface area contributed by atoms with Crippen molar-refractivity contribution >= 4 is 0 Å². The molecule has 0 aromatic rings. The predicted octanol–water partition coefficient (Wildman–Crippen LogP) is 3.04. The minimum absolute atomic E-state index is 0.374. The lowest BCUT2D eigenvalue weighted by Crippen LogP contribution is -2.42. The van der Waals surface area contributed by atoms with E-state index in [-0.39, 0.29) is 0 Å². The van der Waals surface area contributed by atoms with Crippen LogP contribution in [0.15, 0.2) is 0 Å². The van der Waals surface area contributed by atoms with Gasteiger partial charge >= 0.3 is 6.18 Å². The second-order valence-corrected chi connectivity index (χ2v) is 5.21. The summed E-state index contributed by atoms with van der Waals surface area (Å²) in [6.45, 7) is 5.22. The molecule has 0 aliphatic heterocycles. The number of nitrogens with zero attached hydrogens (tertiary/aromatic N) is 1. The first kappa shape index (κ1) is 15.8. The minimum Gasteiger partial charge on any atom is -0.314 e. The summed E-state index contributed by atoms with van der Waals surface area (Å²) < 4.78 is 37.5. The second kappa shape index (κ2) is 7.34. The summed E-state index contributed by atoms with van der Waals surface area (Å²) in [6.07, 6.45) is -0.0231. The summed E-state index contributed by atoms with van der Waals surface area (Å²) in [6, 6.07) is 0.405. The topological polar surface area (TPSA) is 15.3 Å². The first-order valence-corrected chi connectivity index (χ1v) is 6.98. The van der Waals surface area contributed by atoms with Crippen molar-refractivity contribution in [2.45, 2.75) is 51.7 Å². The molecule has 0 heterocycles. The molecular weight excluding hydrogens is 241 g/mol. The molecule has 108 valence electrons. The van der Waals surface area contributed by atoms with Crippen LogP contribution in [0.4, 0.5) is 13.2 Å². The summed E-state index contributed by atoms with van der Waals surface area (Å²) in [5, 5.41) is 3.40. The Balaban J connectivity index is 2.48. The van der Waals surface area contributed by atoms with Crippen molar-refractivity contribution in [1.82, 2.24) is 10.2 Å². The number of halogens is 3. The summed E-state index contributed by atoms with van der Waals surface area (Å²) >= 11 is 0. The molecular formula is C13H25F3N2. The van der Waals surface area contributed by atoms with Crippen molar-refractivity contribution < 1.29 is 13.2 Å². The maximum absolute atomic E-state index is 12.5. The first-order chi connectivity index (χ1) is 8.46. The Labute approximate surface area is 108 Å². The van der Waals surface area contributed by atoms with Gasteiger partial charge in [0.25, 0.3) is 0 Å². The normalized spacial score (nSPS) is 25.0. The first-order valence-electron chi connectivity index (χ1n) is 6.98. The van der Waals surface area contributed by atoms with Crippen molar-refractivity contribution in [1.29, 1.82) is 0 Å². The fraction of sp³-hybridized carbons (Fsp3) is 1.00. The van der Waals surface area contributed by atoms with E-state index in [1.807, 2.05) is 6.92 Å². The quantitative estimate of drug-likeness (QED) is 0.762. The van der Waals surface area contributed by atoms with Gasteiger partial charge in [-0.2, -0.15) is 13.2 Å². The average Bonchev–Trinajstić information content (AvgIpc) is 2.64. The largest absolute Gasteiger partial charge is 0.401 e. The molecule has 1 N–H and O–H groups in total. The molecule has 5 heteroatoms. The van der Waals surface area contributed by atoms with Crippen molar-refractivity contribution in [3.05, 3.63) is 0 Å². The standard InChI is InChI=1S/C13H25F3N2/c1-3-8-18(10-13(14,15)16)9-11-6-5-7-12(11)17-4-2/h11-12,17H,3-10H2,1-2H3. The van der Waals surface area contributed by atoms with Gasteiger partial charge in [-0.15, -0.1) is 0 Å². The zero-order valence-corrected chi connectivity index (χ0v) is 11.4. The Kier molecular flexibility index (Phi) is 6.43. The highest BCUT2D eigenvalue weighted by molar-refractivity contribution is 4.85. The van der Waals surface area contributed by atoms with E-state index in [0.717, 1.165) is 32.2 Å². The van der Waals surface area contributed by atoms with Gasteiger partial charge in [-0.1, -0.05) is 20.3 Å². The Morgan fingerprint density at radius 3 is 2.50 bits per heavy atom. The van der Waals surface area contributed by atoms with Crippen LogP contribution < -0.4 is 5.32 Å². The molecule has 0 saturated heterocycles. The lowest BCUT2D eigenvalue weighted by molar-refractivity contribution is -0.147. The maximum atomic E-state index is 12.5. The van der Waals surface area contributed by atoms with Crippen LogP contribution in [-0.4, -0.2) is 43.3 Å². The van der Waals surface area contributed by atoms with Crippen molar-refractivity contribution in [2.75, 3.05) is 26.2 Å². The van der Waals surface area contributed by atoms with Crippen LogP contribution in [0.2, 0.25) is 0 Å². The molecule has 1 aliphatic carbocycles. The second-order valence-electron chi connectivity index (χ2n) is 5.21. The number of nitrogens with one attached hydrogen (secondary N) is 1. The lowest BCUT2D eigenvalue weighted by atomic mass is 10.0. The SMILES string of the molecule is CCCN(CC1CCCC1NCC)CC(F)(F)F. The number of hydrogen-bond acceptors (Lipinski definition) is 2. The zero-order chi connectivity index (χ0) is 13.6. The van der Waals surface area contributed by atoms with Crippen LogP contribution in [-0.2, 0) is 0 Å². The van der Waals surface area contributed by atoms with Gasteiger partial charge < -0.3 is 5.32 Å². The molecule has 0 radical (unpaired) electrons. The molecule has 1 rings (SSSR count). The van der Waals surface area contributed by atoms with Gasteiger partial charge in [0.05, 0.1) is 6.54 Å². The number of hydrogen-bond donors (Lipinski definition) is 1. The molecule has 0 spiro atoms. The third-order valence-corrected chi connectivity index (χ3v) is 3.56. The Bertz CT molecular complexity index is 231. The van der Waals surface area contributed by atoms with E-state index in [4.69, 9.17) is 0 Å². The fourth-order valence-corrected chi connectivity index (χ4v) is 2.92. The molecule has 0 aromatic carbocycles. The van der Waals surface area contributed by atoms with Crippen LogP contribution in [0.5, 0.6) is 0 Å². The third-order valence-electron chi connectivity index (χ3n) is 3.56. The number of rotatable bonds is 7. The van der Waals surface area contributed by atoms with Gasteiger partial charge in [0, 0.05) is 12.6 Å². The molecule has 1 fully saturated rings. The van der Waals surface area contributed by atoms with Crippen molar-refractivity contribution in [3.63, 3.8) is 0 Å². The van der Waals surface area contributed by atoms with E-state index in [9.17, 15) is 13.2 Å². The highest BCUT2D eigenvalue weighted by atomic mass is 19.4. The van der Waals surface area contributed by atoms with Crippen LogP contribution in [0.3, 0.4) is 0 Å². The van der Waals surface area contributed by atoms with E-state index in [2.05, 4.69) is 12.2 Å². The fourth-order valence-electron chi connectivity index (χ4n) is 2.92. The minimum atomic E-state index is -4.08. The van der Waals surface area contributed by atoms with E-state index in [1.165, 1.54) is 0 Å². The third kappa shape index (κ3) is 5.57. The molecule has 2 nitrogen and oxygen atoms in total. The molecule has 0 amide bonds. The summed E-state index contributed by atoms with van der Waals surface area (Å²) in [7, 11) is 0. The van der Waals surface area contributed by atoms with Gasteiger partial charge in [-0.25, -0.2) is 0 Å². The smallest absolute Gasteiger partial charge is 0.314 e. The zero-order valence-electron chi connectivity index (χ0n) is 11.4. The predicted molar refractivity (Wildman–Crippen MR) is 67.6 cm³/mol. The molecule has 1 aliphatic rings. The van der Waals surface area contributed by atoms with E-state index in [1.54, 1.807) is 4.90 Å². The monoisotopic (exact) mass is 266 g/mol. The van der Waals surface area contributed by atoms with Crippen LogP contribution >= 0.6 is 0 Å². The van der Waals surface area contributed by atoms with Gasteiger partial charge in [-0.3, -0.25) is 4.90 Å². The maximum Gasteiger partial charge on any atom is 0.401 e. The van der Waals surface area contributed by atoms with E-state index >= 15 is 0 Å². The van der Waals surface area contributed by atoms with Gasteiger partial charge in [0.15, 0.2) is 0 Å². The lowest BCUT2D eigenvalue weighted by Gasteiger charge is -2.29. The van der Waals surface area contributed by atoms with Crippen LogP contribution in [0.25, 0.3) is 0 Å². The number of alkyl halides is 3. The van der Waals surface area contributed by atoms with Gasteiger partial charge in [0.2, 0.25) is 0 Å². The molecule has 0 bridgehead atoms. The summed E-state index contributed by atoms with van der Waals surface area (Å²) in [4.78, 5) is 1.57. The highest BCUT2D eigenvalue weighted by Gasteiger charge is 2.34. The summed E-state index contributed by atoms with van der Waals surface area (Å²) in [5.74, 6) is 0.374. The Morgan fingerprint density at radius 1 is 1.22 bits per heavy atom. The van der Waals surface area contributed by atoms with Crippen LogP contribution in [0, 0.1) is 5.92 Å². The van der Waals surface area contributed by atoms with Gasteiger partial charge in [0.1, 0.15) is 0 Å². The molecule has 0 aromatic heterocycles. The van der Waals surface area contributed by atoms with Crippen LogP contribution in [0.1, 0.15) is 39.5 Å². The summed E-state index contributed by atoms with van der Waals surface area (Å²) in [5.41, 5.74) is 0. The molecule has 1 saturated carbocycles. The molecule has 18 heavy (non-hydrogen) atoms. The van der Waals surface area contributed by atoms with Crippen molar-refractivity contribution in [3.8, 4) is 0 Å². The van der Waals surface area contributed by atoms with Crippen molar-refractivity contribution in [2.24, 2.45) is 5.92 Å². The van der Waals surface area contributed by atoms with E-state index < -0.39 is 12.7 Å². The van der Waals surface area contributed by atoms with Gasteiger partial charge in [-0.05, 0) is 38.3 Å². The Morgan fingerprint density at radius 2 is 1.94 bits per heavy atom. The average molecular weight is 266 g/mol. The Hall–Kier alpha value is -0.290. The molecule has 2 atom stereocenters.